The van der Waals surface area contributed by atoms with Crippen LogP contribution < -0.4 is 10.6 Å². The Hall–Kier alpha value is -2.53. The van der Waals surface area contributed by atoms with E-state index in [9.17, 15) is 9.90 Å². The van der Waals surface area contributed by atoms with Gasteiger partial charge in [0.1, 0.15) is 5.75 Å². The summed E-state index contributed by atoms with van der Waals surface area (Å²) in [6.07, 6.45) is 0. The molecule has 2 aromatic carbocycles. The number of phenols is 1. The standard InChI is InChI=1S/C15H16N2O3/c18-10-12-7-5-11(6-8-12)9-16-15(20)17-13-3-1-2-4-14(13)19/h1-8,18-19H,9-10H2,(H2,16,17,20). The van der Waals surface area contributed by atoms with Crippen molar-refractivity contribution in [2.24, 2.45) is 0 Å². The molecular formula is C15H16N2O3. The van der Waals surface area contributed by atoms with E-state index in [1.807, 2.05) is 12.1 Å². The third kappa shape index (κ3) is 3.73. The highest BCUT2D eigenvalue weighted by Crippen LogP contribution is 2.21. The molecule has 0 fully saturated rings. The first-order chi connectivity index (χ1) is 9.69. The molecule has 20 heavy (non-hydrogen) atoms. The van der Waals surface area contributed by atoms with Gasteiger partial charge in [0.15, 0.2) is 0 Å². The average molecular weight is 272 g/mol. The van der Waals surface area contributed by atoms with Gasteiger partial charge in [0, 0.05) is 6.54 Å². The third-order valence-corrected chi connectivity index (χ3v) is 2.81. The maximum atomic E-state index is 11.7. The van der Waals surface area contributed by atoms with Crippen molar-refractivity contribution in [1.29, 1.82) is 0 Å². The van der Waals surface area contributed by atoms with Crippen molar-refractivity contribution in [1.82, 2.24) is 5.32 Å². The van der Waals surface area contributed by atoms with Crippen LogP contribution in [0.25, 0.3) is 0 Å². The number of carbonyl (C=O) groups is 1. The quantitative estimate of drug-likeness (QED) is 0.644. The molecule has 0 saturated carbocycles. The molecular weight excluding hydrogens is 256 g/mol. The molecule has 5 nitrogen and oxygen atoms in total. The predicted octanol–water partition coefficient (Wildman–Crippen LogP) is 2.21. The monoisotopic (exact) mass is 272 g/mol. The lowest BCUT2D eigenvalue weighted by molar-refractivity contribution is 0.251. The molecule has 0 aromatic heterocycles. The third-order valence-electron chi connectivity index (χ3n) is 2.81. The van der Waals surface area contributed by atoms with E-state index in [0.717, 1.165) is 11.1 Å². The number of phenolic OH excluding ortho intramolecular Hbond substituents is 1. The van der Waals surface area contributed by atoms with Crippen LogP contribution in [-0.2, 0) is 13.2 Å². The summed E-state index contributed by atoms with van der Waals surface area (Å²) in [5.74, 6) is 0.0231. The summed E-state index contributed by atoms with van der Waals surface area (Å²) < 4.78 is 0. The van der Waals surface area contributed by atoms with Gasteiger partial charge in [-0.1, -0.05) is 36.4 Å². The number of aromatic hydroxyl groups is 1. The second-order valence-electron chi connectivity index (χ2n) is 4.30. The van der Waals surface area contributed by atoms with Gasteiger partial charge in [-0.2, -0.15) is 0 Å². The summed E-state index contributed by atoms with van der Waals surface area (Å²) in [6.45, 7) is 0.368. The number of benzene rings is 2. The van der Waals surface area contributed by atoms with Crippen molar-refractivity contribution >= 4 is 11.7 Å². The lowest BCUT2D eigenvalue weighted by atomic mass is 10.1. The Morgan fingerprint density at radius 2 is 1.65 bits per heavy atom. The molecule has 0 heterocycles. The molecule has 0 spiro atoms. The van der Waals surface area contributed by atoms with Crippen molar-refractivity contribution in [3.05, 3.63) is 59.7 Å². The summed E-state index contributed by atoms with van der Waals surface area (Å²) in [6, 6.07) is 13.4. The molecule has 2 rings (SSSR count). The number of hydrogen-bond acceptors (Lipinski definition) is 3. The first-order valence-electron chi connectivity index (χ1n) is 6.20. The van der Waals surface area contributed by atoms with Gasteiger partial charge in [-0.15, -0.1) is 0 Å². The smallest absolute Gasteiger partial charge is 0.319 e. The van der Waals surface area contributed by atoms with Crippen LogP contribution in [0, 0.1) is 0 Å². The second-order valence-corrected chi connectivity index (χ2v) is 4.30. The fourth-order valence-corrected chi connectivity index (χ4v) is 1.69. The fraction of sp³-hybridized carbons (Fsp3) is 0.133. The zero-order valence-electron chi connectivity index (χ0n) is 10.8. The highest BCUT2D eigenvalue weighted by molar-refractivity contribution is 5.90. The van der Waals surface area contributed by atoms with Crippen molar-refractivity contribution in [3.63, 3.8) is 0 Å². The minimum atomic E-state index is -0.391. The molecule has 4 N–H and O–H groups in total. The number of amides is 2. The zero-order chi connectivity index (χ0) is 14.4. The van der Waals surface area contributed by atoms with Crippen LogP contribution in [0.4, 0.5) is 10.5 Å². The Bertz CT molecular complexity index is 582. The predicted molar refractivity (Wildman–Crippen MR) is 76.3 cm³/mol. The Kier molecular flexibility index (Phi) is 4.57. The van der Waals surface area contributed by atoms with E-state index in [1.54, 1.807) is 30.3 Å². The second kappa shape index (κ2) is 6.58. The van der Waals surface area contributed by atoms with Crippen molar-refractivity contribution < 1.29 is 15.0 Å². The van der Waals surface area contributed by atoms with Gasteiger partial charge < -0.3 is 20.8 Å². The van der Waals surface area contributed by atoms with E-state index in [0.29, 0.717) is 12.2 Å². The molecule has 0 unspecified atom stereocenters. The normalized spacial score (nSPS) is 10.1. The highest BCUT2D eigenvalue weighted by atomic mass is 16.3. The number of para-hydroxylation sites is 2. The first kappa shape index (κ1) is 13.9. The van der Waals surface area contributed by atoms with Gasteiger partial charge in [-0.3, -0.25) is 0 Å². The van der Waals surface area contributed by atoms with E-state index in [1.165, 1.54) is 6.07 Å². The van der Waals surface area contributed by atoms with E-state index in [-0.39, 0.29) is 12.4 Å². The van der Waals surface area contributed by atoms with Crippen LogP contribution in [0.3, 0.4) is 0 Å². The summed E-state index contributed by atoms with van der Waals surface area (Å²) in [5.41, 5.74) is 2.11. The van der Waals surface area contributed by atoms with Crippen LogP contribution in [0.2, 0.25) is 0 Å². The fourth-order valence-electron chi connectivity index (χ4n) is 1.69. The van der Waals surface area contributed by atoms with E-state index in [4.69, 9.17) is 5.11 Å². The van der Waals surface area contributed by atoms with Gasteiger partial charge in [0.05, 0.1) is 12.3 Å². The SMILES string of the molecule is O=C(NCc1ccc(CO)cc1)Nc1ccccc1O. The van der Waals surface area contributed by atoms with Gasteiger partial charge >= 0.3 is 6.03 Å². The van der Waals surface area contributed by atoms with Crippen LogP contribution in [0.5, 0.6) is 5.75 Å². The molecule has 0 saturated heterocycles. The van der Waals surface area contributed by atoms with Crippen molar-refractivity contribution in [2.45, 2.75) is 13.2 Å². The zero-order valence-corrected chi connectivity index (χ0v) is 10.8. The lowest BCUT2D eigenvalue weighted by Crippen LogP contribution is -2.28. The van der Waals surface area contributed by atoms with Crippen LogP contribution >= 0.6 is 0 Å². The largest absolute Gasteiger partial charge is 0.506 e. The van der Waals surface area contributed by atoms with Gasteiger partial charge in [0.25, 0.3) is 0 Å². The van der Waals surface area contributed by atoms with Crippen LogP contribution in [0.15, 0.2) is 48.5 Å². The molecule has 2 amide bonds. The number of anilines is 1. The maximum absolute atomic E-state index is 11.7. The number of hydrogen-bond donors (Lipinski definition) is 4. The van der Waals surface area contributed by atoms with Gasteiger partial charge in [0.2, 0.25) is 0 Å². The van der Waals surface area contributed by atoms with Crippen molar-refractivity contribution in [3.8, 4) is 5.75 Å². The molecule has 0 aliphatic heterocycles. The summed E-state index contributed by atoms with van der Waals surface area (Å²) in [5, 5.41) is 23.7. The molecule has 0 bridgehead atoms. The number of carbonyl (C=O) groups excluding carboxylic acids is 1. The average Bonchev–Trinajstić information content (AvgIpc) is 2.48. The first-order valence-corrected chi connectivity index (χ1v) is 6.20. The number of nitrogens with one attached hydrogen (secondary N) is 2. The lowest BCUT2D eigenvalue weighted by Gasteiger charge is -2.09. The molecule has 2 aromatic rings. The topological polar surface area (TPSA) is 81.6 Å². The van der Waals surface area contributed by atoms with E-state index < -0.39 is 6.03 Å². The molecule has 104 valence electrons. The minimum Gasteiger partial charge on any atom is -0.506 e. The minimum absolute atomic E-state index is 0.00147. The number of aliphatic hydroxyl groups is 1. The molecule has 0 aliphatic rings. The molecule has 0 radical (unpaired) electrons. The van der Waals surface area contributed by atoms with Gasteiger partial charge in [-0.25, -0.2) is 4.79 Å². The number of aliphatic hydroxyl groups excluding tert-OH is 1. The Balaban J connectivity index is 1.87. The summed E-state index contributed by atoms with van der Waals surface area (Å²) in [4.78, 5) is 11.7. The molecule has 5 heteroatoms. The number of rotatable bonds is 4. The summed E-state index contributed by atoms with van der Waals surface area (Å²) in [7, 11) is 0. The van der Waals surface area contributed by atoms with Gasteiger partial charge in [-0.05, 0) is 23.3 Å². The Labute approximate surface area is 116 Å². The van der Waals surface area contributed by atoms with E-state index in [2.05, 4.69) is 10.6 Å². The molecule has 0 aliphatic carbocycles. The maximum Gasteiger partial charge on any atom is 0.319 e. The summed E-state index contributed by atoms with van der Waals surface area (Å²) >= 11 is 0. The highest BCUT2D eigenvalue weighted by Gasteiger charge is 2.04. The Morgan fingerprint density at radius 3 is 2.30 bits per heavy atom. The van der Waals surface area contributed by atoms with Crippen LogP contribution in [0.1, 0.15) is 11.1 Å². The Morgan fingerprint density at radius 1 is 1.00 bits per heavy atom. The van der Waals surface area contributed by atoms with E-state index >= 15 is 0 Å². The molecule has 0 atom stereocenters. The van der Waals surface area contributed by atoms with Crippen LogP contribution in [-0.4, -0.2) is 16.2 Å². The van der Waals surface area contributed by atoms with Crippen molar-refractivity contribution in [2.75, 3.05) is 5.32 Å². The number of urea groups is 1.